The Morgan fingerprint density at radius 1 is 1.34 bits per heavy atom. The summed E-state index contributed by atoms with van der Waals surface area (Å²) in [4.78, 5) is 40.3. The van der Waals surface area contributed by atoms with E-state index in [1.165, 1.54) is 36.6 Å². The Bertz CT molecular complexity index is 1220. The molecule has 1 aromatic heterocycles. The highest BCUT2D eigenvalue weighted by Crippen LogP contribution is 2.37. The van der Waals surface area contributed by atoms with Crippen LogP contribution in [0.3, 0.4) is 0 Å². The maximum Gasteiger partial charge on any atom is 0.338 e. The molecule has 4 heterocycles. The number of urea groups is 1. The molecular formula is C23H24ClFN6O3S. The molecule has 35 heavy (non-hydrogen) atoms. The van der Waals surface area contributed by atoms with Crippen LogP contribution in [0.4, 0.5) is 9.18 Å². The van der Waals surface area contributed by atoms with Gasteiger partial charge in [-0.3, -0.25) is 9.89 Å². The van der Waals surface area contributed by atoms with Crippen LogP contribution in [0, 0.1) is 5.82 Å². The molecule has 0 saturated carbocycles. The summed E-state index contributed by atoms with van der Waals surface area (Å²) in [5.74, 6) is -0.522. The van der Waals surface area contributed by atoms with E-state index in [1.54, 1.807) is 18.1 Å². The minimum atomic E-state index is -0.800. The quantitative estimate of drug-likeness (QED) is 0.612. The Kier molecular flexibility index (Phi) is 6.47. The number of methoxy groups -OCH3 is 1. The maximum atomic E-state index is 13.8. The molecule has 184 valence electrons. The summed E-state index contributed by atoms with van der Waals surface area (Å²) in [6.07, 6.45) is 1.68. The summed E-state index contributed by atoms with van der Waals surface area (Å²) in [7, 11) is 3.12. The lowest BCUT2D eigenvalue weighted by atomic mass is 9.95. The number of nitrogens with one attached hydrogen (secondary N) is 1. The molecule has 9 nitrogen and oxygen atoms in total. The van der Waals surface area contributed by atoms with Gasteiger partial charge >= 0.3 is 12.0 Å². The first kappa shape index (κ1) is 23.7. The van der Waals surface area contributed by atoms with Crippen LogP contribution in [0.2, 0.25) is 5.02 Å². The van der Waals surface area contributed by atoms with E-state index in [1.807, 2.05) is 10.3 Å². The Labute approximate surface area is 210 Å². The van der Waals surface area contributed by atoms with E-state index in [9.17, 15) is 14.0 Å². The summed E-state index contributed by atoms with van der Waals surface area (Å²) in [6, 6.07) is 3.37. The molecule has 2 fully saturated rings. The molecule has 0 radical (unpaired) electrons. The highest BCUT2D eigenvalue weighted by Gasteiger charge is 2.40. The third-order valence-corrected chi connectivity index (χ3v) is 7.54. The van der Waals surface area contributed by atoms with Crippen molar-refractivity contribution in [3.63, 3.8) is 0 Å². The number of halogens is 2. The Balaban J connectivity index is 1.52. The van der Waals surface area contributed by atoms with Crippen molar-refractivity contribution in [2.45, 2.75) is 12.1 Å². The number of likely N-dealkylation sites (N-methyl/N-ethyl adjacent to an activating group) is 1. The first-order valence-corrected chi connectivity index (χ1v) is 12.4. The SMILES string of the molecule is COC(=O)C1=C(CN2CCN3C(=O)N(C)CC3C2)NC(c2nccs2)=NC1c1ccc(F)cc1Cl. The molecule has 2 aromatic rings. The Morgan fingerprint density at radius 2 is 2.17 bits per heavy atom. The van der Waals surface area contributed by atoms with E-state index >= 15 is 0 Å². The number of thiazole rings is 1. The number of aromatic nitrogens is 1. The Hall–Kier alpha value is -3.02. The van der Waals surface area contributed by atoms with E-state index in [-0.39, 0.29) is 17.1 Å². The van der Waals surface area contributed by atoms with Gasteiger partial charge in [-0.1, -0.05) is 17.7 Å². The molecule has 2 unspecified atom stereocenters. The van der Waals surface area contributed by atoms with Gasteiger partial charge in [0.15, 0.2) is 10.8 Å². The molecule has 1 N–H and O–H groups in total. The van der Waals surface area contributed by atoms with Crippen molar-refractivity contribution in [3.05, 3.63) is 62.5 Å². The highest BCUT2D eigenvalue weighted by atomic mass is 35.5. The molecule has 2 atom stereocenters. The van der Waals surface area contributed by atoms with Gasteiger partial charge in [0, 0.05) is 67.6 Å². The monoisotopic (exact) mass is 518 g/mol. The average molecular weight is 519 g/mol. The van der Waals surface area contributed by atoms with Crippen LogP contribution in [0.15, 0.2) is 46.0 Å². The summed E-state index contributed by atoms with van der Waals surface area (Å²) < 4.78 is 18.9. The molecule has 3 aliphatic heterocycles. The largest absolute Gasteiger partial charge is 0.466 e. The number of amides is 2. The number of hydrogen-bond donors (Lipinski definition) is 1. The molecule has 0 aliphatic carbocycles. The molecule has 12 heteroatoms. The van der Waals surface area contributed by atoms with E-state index < -0.39 is 17.8 Å². The summed E-state index contributed by atoms with van der Waals surface area (Å²) in [5, 5.41) is 5.96. The molecule has 0 spiro atoms. The van der Waals surface area contributed by atoms with Crippen molar-refractivity contribution in [1.82, 2.24) is 25.0 Å². The zero-order chi connectivity index (χ0) is 24.7. The minimum Gasteiger partial charge on any atom is -0.466 e. The number of amidine groups is 1. The predicted octanol–water partition coefficient (Wildman–Crippen LogP) is 2.51. The van der Waals surface area contributed by atoms with Crippen LogP contribution >= 0.6 is 22.9 Å². The van der Waals surface area contributed by atoms with E-state index in [2.05, 4.69) is 15.2 Å². The van der Waals surface area contributed by atoms with Crippen molar-refractivity contribution in [2.75, 3.05) is 46.9 Å². The lowest BCUT2D eigenvalue weighted by Crippen LogP contribution is -2.53. The molecule has 5 rings (SSSR count). The number of hydrogen-bond acceptors (Lipinski definition) is 8. The number of ether oxygens (including phenoxy) is 1. The number of rotatable bonds is 5. The first-order valence-electron chi connectivity index (χ1n) is 11.1. The number of piperazine rings is 1. The fourth-order valence-electron chi connectivity index (χ4n) is 4.78. The molecule has 3 aliphatic rings. The molecule has 2 amide bonds. The average Bonchev–Trinajstić information content (AvgIpc) is 3.47. The fourth-order valence-corrected chi connectivity index (χ4v) is 5.63. The standard InChI is InChI=1S/C23H24ClFN6O3S/c1-29-10-14-11-30(6-7-31(14)23(29)33)12-17-18(22(32)34-2)19(15-4-3-13(25)9-16(15)24)28-20(27-17)21-26-5-8-35-21/h3-5,8-9,14,19H,6-7,10-12H2,1-2H3,(H,27,28). The van der Waals surface area contributed by atoms with E-state index in [0.29, 0.717) is 60.4 Å². The van der Waals surface area contributed by atoms with Gasteiger partial charge in [0.1, 0.15) is 11.9 Å². The number of carbonyl (C=O) groups is 2. The summed E-state index contributed by atoms with van der Waals surface area (Å²) in [6.45, 7) is 3.00. The number of nitrogens with zero attached hydrogens (tertiary/aromatic N) is 5. The number of esters is 1. The van der Waals surface area contributed by atoms with Crippen molar-refractivity contribution in [2.24, 2.45) is 4.99 Å². The second kappa shape index (κ2) is 9.56. The summed E-state index contributed by atoms with van der Waals surface area (Å²) in [5.41, 5.74) is 1.42. The fraction of sp³-hybridized carbons (Fsp3) is 0.391. The van der Waals surface area contributed by atoms with Gasteiger partial charge in [-0.25, -0.2) is 19.0 Å². The van der Waals surface area contributed by atoms with Gasteiger partial charge in [-0.15, -0.1) is 11.3 Å². The van der Waals surface area contributed by atoms with Crippen LogP contribution in [-0.2, 0) is 9.53 Å². The number of carbonyl (C=O) groups excluding carboxylic acids is 2. The molecule has 2 saturated heterocycles. The zero-order valence-electron chi connectivity index (χ0n) is 19.2. The number of benzene rings is 1. The normalized spacial score (nSPS) is 22.7. The second-order valence-electron chi connectivity index (χ2n) is 8.64. The smallest absolute Gasteiger partial charge is 0.338 e. The second-order valence-corrected chi connectivity index (χ2v) is 9.94. The number of aliphatic imine (C=N–C) groups is 1. The van der Waals surface area contributed by atoms with Crippen molar-refractivity contribution in [1.29, 1.82) is 0 Å². The van der Waals surface area contributed by atoms with Gasteiger partial charge in [0.05, 0.1) is 18.7 Å². The van der Waals surface area contributed by atoms with Crippen LogP contribution in [0.5, 0.6) is 0 Å². The van der Waals surface area contributed by atoms with Crippen molar-refractivity contribution >= 4 is 40.8 Å². The van der Waals surface area contributed by atoms with Crippen LogP contribution in [-0.4, -0.2) is 90.4 Å². The van der Waals surface area contributed by atoms with Gasteiger partial charge in [-0.05, 0) is 12.1 Å². The van der Waals surface area contributed by atoms with E-state index in [4.69, 9.17) is 21.3 Å². The summed E-state index contributed by atoms with van der Waals surface area (Å²) >= 11 is 7.82. The van der Waals surface area contributed by atoms with Gasteiger partial charge in [-0.2, -0.15) is 0 Å². The van der Waals surface area contributed by atoms with Crippen molar-refractivity contribution < 1.29 is 18.7 Å². The lowest BCUT2D eigenvalue weighted by Gasteiger charge is -2.38. The van der Waals surface area contributed by atoms with Gasteiger partial charge < -0.3 is 19.9 Å². The minimum absolute atomic E-state index is 0.0455. The van der Waals surface area contributed by atoms with Crippen molar-refractivity contribution in [3.8, 4) is 0 Å². The molecular weight excluding hydrogens is 495 g/mol. The molecule has 1 aromatic carbocycles. The van der Waals surface area contributed by atoms with Crippen LogP contribution in [0.25, 0.3) is 0 Å². The number of fused-ring (bicyclic) bond motifs is 1. The molecule has 0 bridgehead atoms. The highest BCUT2D eigenvalue weighted by molar-refractivity contribution is 7.11. The maximum absolute atomic E-state index is 13.8. The van der Waals surface area contributed by atoms with Gasteiger partial charge in [0.2, 0.25) is 0 Å². The Morgan fingerprint density at radius 3 is 2.89 bits per heavy atom. The third kappa shape index (κ3) is 4.51. The predicted molar refractivity (Wildman–Crippen MR) is 130 cm³/mol. The van der Waals surface area contributed by atoms with Crippen LogP contribution in [0.1, 0.15) is 16.6 Å². The van der Waals surface area contributed by atoms with Crippen LogP contribution < -0.4 is 5.32 Å². The van der Waals surface area contributed by atoms with E-state index in [0.717, 1.165) is 0 Å². The zero-order valence-corrected chi connectivity index (χ0v) is 20.8. The third-order valence-electron chi connectivity index (χ3n) is 6.43. The topological polar surface area (TPSA) is 90.4 Å². The van der Waals surface area contributed by atoms with Gasteiger partial charge in [0.25, 0.3) is 0 Å². The lowest BCUT2D eigenvalue weighted by molar-refractivity contribution is -0.136. The first-order chi connectivity index (χ1) is 16.9.